The number of nitrogens with two attached hydrogens (primary N) is 1. The molecule has 1 fully saturated rings. The second-order valence-corrected chi connectivity index (χ2v) is 9.48. The van der Waals surface area contributed by atoms with Gasteiger partial charge in [0.05, 0.1) is 11.4 Å². The van der Waals surface area contributed by atoms with Crippen molar-refractivity contribution in [2.75, 3.05) is 13.1 Å². The molecule has 0 radical (unpaired) electrons. The van der Waals surface area contributed by atoms with Crippen LogP contribution in [0.5, 0.6) is 0 Å². The summed E-state index contributed by atoms with van der Waals surface area (Å²) < 4.78 is 27.3. The third-order valence-corrected chi connectivity index (χ3v) is 6.72. The summed E-state index contributed by atoms with van der Waals surface area (Å²) in [4.78, 5) is 26.9. The molecule has 0 unspecified atom stereocenters. The molecule has 0 bridgehead atoms. The zero-order chi connectivity index (χ0) is 23.3. The van der Waals surface area contributed by atoms with Crippen molar-refractivity contribution < 1.29 is 18.0 Å². The molecule has 0 aliphatic carbocycles. The van der Waals surface area contributed by atoms with Gasteiger partial charge >= 0.3 is 0 Å². The van der Waals surface area contributed by atoms with Crippen molar-refractivity contribution in [2.45, 2.75) is 37.2 Å². The Morgan fingerprint density at radius 3 is 2.56 bits per heavy atom. The Balaban J connectivity index is 1.56. The van der Waals surface area contributed by atoms with Crippen molar-refractivity contribution in [2.24, 2.45) is 5.73 Å². The maximum atomic E-state index is 12.7. The van der Waals surface area contributed by atoms with Crippen LogP contribution in [0.1, 0.15) is 29.5 Å². The molecule has 32 heavy (non-hydrogen) atoms. The molecule has 2 amide bonds. The van der Waals surface area contributed by atoms with Crippen LogP contribution in [0.25, 0.3) is 0 Å². The van der Waals surface area contributed by atoms with Crippen molar-refractivity contribution in [3.63, 3.8) is 0 Å². The Labute approximate surface area is 187 Å². The zero-order valence-corrected chi connectivity index (χ0v) is 18.6. The molecule has 10 heteroatoms. The van der Waals surface area contributed by atoms with E-state index in [1.807, 2.05) is 0 Å². The van der Waals surface area contributed by atoms with Crippen molar-refractivity contribution in [3.05, 3.63) is 65.2 Å². The van der Waals surface area contributed by atoms with Crippen molar-refractivity contribution in [1.82, 2.24) is 14.9 Å². The van der Waals surface area contributed by atoms with E-state index < -0.39 is 28.5 Å². The Morgan fingerprint density at radius 1 is 1.19 bits per heavy atom. The quantitative estimate of drug-likeness (QED) is 0.343. The number of sulfonamides is 1. The molecule has 2 aromatic rings. The number of amides is 2. The Morgan fingerprint density at radius 2 is 1.91 bits per heavy atom. The standard InChI is InChI=1S/C22H27N5O4S/c1-15-4-2-5-18(12-15)32(30,31)26-14-20(28)27-11-3-6-19(27)22(29)25-13-16-7-9-17(10-8-16)21(23)24/h2,4-5,7-10,12,19,26H,3,6,11,13-14H2,1H3,(H3,23,24)(H,25,29)/t19-/m0/s1. The second kappa shape index (κ2) is 9.92. The molecule has 0 spiro atoms. The molecule has 1 aliphatic heterocycles. The lowest BCUT2D eigenvalue weighted by molar-refractivity contribution is -0.137. The van der Waals surface area contributed by atoms with Gasteiger partial charge in [-0.25, -0.2) is 13.1 Å². The predicted octanol–water partition coefficient (Wildman–Crippen LogP) is 0.865. The van der Waals surface area contributed by atoms with Gasteiger partial charge in [0.2, 0.25) is 21.8 Å². The Bertz CT molecular complexity index is 1120. The molecule has 3 rings (SSSR count). The molecule has 170 valence electrons. The van der Waals surface area contributed by atoms with Crippen LogP contribution in [0.2, 0.25) is 0 Å². The van der Waals surface area contributed by atoms with E-state index in [1.54, 1.807) is 43.3 Å². The maximum Gasteiger partial charge on any atom is 0.243 e. The van der Waals surface area contributed by atoms with Crippen LogP contribution in [-0.2, 0) is 26.2 Å². The molecule has 1 heterocycles. The number of hydrogen-bond acceptors (Lipinski definition) is 5. The van der Waals surface area contributed by atoms with Crippen LogP contribution in [0.15, 0.2) is 53.4 Å². The van der Waals surface area contributed by atoms with Crippen LogP contribution in [-0.4, -0.2) is 50.1 Å². The predicted molar refractivity (Wildman–Crippen MR) is 120 cm³/mol. The maximum absolute atomic E-state index is 12.7. The third kappa shape index (κ3) is 5.71. The molecular weight excluding hydrogens is 430 g/mol. The molecular formula is C22H27N5O4S. The third-order valence-electron chi connectivity index (χ3n) is 5.32. The van der Waals surface area contributed by atoms with Crippen LogP contribution in [0.4, 0.5) is 0 Å². The van der Waals surface area contributed by atoms with Crippen molar-refractivity contribution >= 4 is 27.7 Å². The van der Waals surface area contributed by atoms with Gasteiger partial charge in [-0.1, -0.05) is 36.4 Å². The van der Waals surface area contributed by atoms with Crippen molar-refractivity contribution in [3.8, 4) is 0 Å². The lowest BCUT2D eigenvalue weighted by Crippen LogP contribution is -2.48. The van der Waals surface area contributed by atoms with Gasteiger partial charge in [-0.05, 0) is 43.0 Å². The molecule has 1 saturated heterocycles. The minimum absolute atomic E-state index is 0.0290. The van der Waals surface area contributed by atoms with Crippen LogP contribution in [0, 0.1) is 12.3 Å². The molecule has 9 nitrogen and oxygen atoms in total. The first kappa shape index (κ1) is 23.4. The topological polar surface area (TPSA) is 145 Å². The fraction of sp³-hybridized carbons (Fsp3) is 0.318. The fourth-order valence-electron chi connectivity index (χ4n) is 3.57. The summed E-state index contributed by atoms with van der Waals surface area (Å²) in [5, 5.41) is 10.2. The zero-order valence-electron chi connectivity index (χ0n) is 17.8. The normalized spacial score (nSPS) is 16.0. The average Bonchev–Trinajstić information content (AvgIpc) is 3.26. The van der Waals surface area contributed by atoms with E-state index in [4.69, 9.17) is 11.1 Å². The number of aryl methyl sites for hydroxylation is 1. The van der Waals surface area contributed by atoms with E-state index in [1.165, 1.54) is 17.0 Å². The number of likely N-dealkylation sites (tertiary alicyclic amines) is 1. The van der Waals surface area contributed by atoms with Crippen LogP contribution < -0.4 is 15.8 Å². The second-order valence-electron chi connectivity index (χ2n) is 7.71. The highest BCUT2D eigenvalue weighted by molar-refractivity contribution is 7.89. The number of amidine groups is 1. The van der Waals surface area contributed by atoms with E-state index >= 15 is 0 Å². The molecule has 0 saturated carbocycles. The van der Waals surface area contributed by atoms with E-state index in [0.717, 1.165) is 11.1 Å². The van der Waals surface area contributed by atoms with Crippen molar-refractivity contribution in [1.29, 1.82) is 5.41 Å². The smallest absolute Gasteiger partial charge is 0.243 e. The number of hydrogen-bond donors (Lipinski definition) is 4. The lowest BCUT2D eigenvalue weighted by Gasteiger charge is -2.24. The lowest BCUT2D eigenvalue weighted by atomic mass is 10.1. The average molecular weight is 458 g/mol. The minimum Gasteiger partial charge on any atom is -0.384 e. The van der Waals surface area contributed by atoms with E-state index in [0.29, 0.717) is 24.9 Å². The van der Waals surface area contributed by atoms with Gasteiger partial charge in [-0.2, -0.15) is 0 Å². The van der Waals surface area contributed by atoms with Gasteiger partial charge < -0.3 is 16.0 Å². The number of carbonyl (C=O) groups is 2. The summed E-state index contributed by atoms with van der Waals surface area (Å²) in [7, 11) is -3.82. The number of rotatable bonds is 8. The van der Waals surface area contributed by atoms with Crippen LogP contribution >= 0.6 is 0 Å². The van der Waals surface area contributed by atoms with Gasteiger partial charge in [0.1, 0.15) is 11.9 Å². The first-order chi connectivity index (χ1) is 15.2. The molecule has 1 aliphatic rings. The summed E-state index contributed by atoms with van der Waals surface area (Å²) in [6.07, 6.45) is 1.19. The van der Waals surface area contributed by atoms with Crippen LogP contribution in [0.3, 0.4) is 0 Å². The Hall–Kier alpha value is -3.24. The Kier molecular flexibility index (Phi) is 7.26. The van der Waals surface area contributed by atoms with Gasteiger partial charge in [0.25, 0.3) is 0 Å². The number of nitrogens with one attached hydrogen (secondary N) is 3. The van der Waals surface area contributed by atoms with Gasteiger partial charge in [-0.15, -0.1) is 0 Å². The molecule has 0 aromatic heterocycles. The number of nitrogen functional groups attached to an aromatic ring is 1. The van der Waals surface area contributed by atoms with E-state index in [9.17, 15) is 18.0 Å². The van der Waals surface area contributed by atoms with Gasteiger partial charge in [0.15, 0.2) is 0 Å². The molecule has 2 aromatic carbocycles. The van der Waals surface area contributed by atoms with E-state index in [-0.39, 0.29) is 23.2 Å². The van der Waals surface area contributed by atoms with E-state index in [2.05, 4.69) is 10.0 Å². The molecule has 1 atom stereocenters. The SMILES string of the molecule is Cc1cccc(S(=O)(=O)NCC(=O)N2CCC[C@H]2C(=O)NCc2ccc(C(=N)N)cc2)c1. The molecule has 5 N–H and O–H groups in total. The largest absolute Gasteiger partial charge is 0.384 e. The summed E-state index contributed by atoms with van der Waals surface area (Å²) in [6, 6.07) is 12.7. The monoisotopic (exact) mass is 457 g/mol. The summed E-state index contributed by atoms with van der Waals surface area (Å²) in [5.41, 5.74) is 7.67. The summed E-state index contributed by atoms with van der Waals surface area (Å²) in [6.45, 7) is 2.05. The first-order valence-corrected chi connectivity index (χ1v) is 11.7. The minimum atomic E-state index is -3.82. The number of nitrogens with zero attached hydrogens (tertiary/aromatic N) is 1. The summed E-state index contributed by atoms with van der Waals surface area (Å²) in [5.74, 6) is -0.753. The number of benzene rings is 2. The summed E-state index contributed by atoms with van der Waals surface area (Å²) >= 11 is 0. The highest BCUT2D eigenvalue weighted by atomic mass is 32.2. The first-order valence-electron chi connectivity index (χ1n) is 10.2. The number of carbonyl (C=O) groups excluding carboxylic acids is 2. The fourth-order valence-corrected chi connectivity index (χ4v) is 4.65. The van der Waals surface area contributed by atoms with Gasteiger partial charge in [-0.3, -0.25) is 15.0 Å². The van der Waals surface area contributed by atoms with Gasteiger partial charge in [0, 0.05) is 18.7 Å². The highest BCUT2D eigenvalue weighted by Gasteiger charge is 2.34. The highest BCUT2D eigenvalue weighted by Crippen LogP contribution is 2.18.